The number of rotatable bonds is 1. The van der Waals surface area contributed by atoms with Crippen LogP contribution in [0.15, 0.2) is 59.3 Å². The number of fused-ring (bicyclic) bond motifs is 1. The maximum Gasteiger partial charge on any atom is 0.132 e. The molecule has 0 bridgehead atoms. The Hall–Kier alpha value is -2.09. The number of benzene rings is 2. The molecule has 1 heterocycles. The van der Waals surface area contributed by atoms with Crippen molar-refractivity contribution in [3.8, 4) is 11.1 Å². The Morgan fingerprint density at radius 1 is 0.867 bits per heavy atom. The smallest absolute Gasteiger partial charge is 0.132 e. The Labute approximate surface area is 87.1 Å². The van der Waals surface area contributed by atoms with Crippen molar-refractivity contribution in [3.63, 3.8) is 0 Å². The molecular weight excluding hydrogens is 186 g/mol. The van der Waals surface area contributed by atoms with Crippen LogP contribution in [0.3, 0.4) is 0 Å². The van der Waals surface area contributed by atoms with Gasteiger partial charge in [-0.25, -0.2) is 0 Å². The average Bonchev–Trinajstić information content (AvgIpc) is 2.78. The van der Waals surface area contributed by atoms with Crippen LogP contribution in [0.5, 0.6) is 0 Å². The number of hydrogen-bond donors (Lipinski definition) is 0. The van der Waals surface area contributed by atoms with Crippen molar-refractivity contribution in [1.82, 2.24) is 5.16 Å². The summed E-state index contributed by atoms with van der Waals surface area (Å²) in [6, 6.07) is 16.3. The minimum absolute atomic E-state index is 0.899. The second-order valence-corrected chi connectivity index (χ2v) is 3.42. The Morgan fingerprint density at radius 3 is 2.60 bits per heavy atom. The summed E-state index contributed by atoms with van der Waals surface area (Å²) in [5.41, 5.74) is 3.25. The standard InChI is InChI=1S/C13H9NO/c1-2-5-10(6-3-1)11-7-4-8-13-12(11)9-15-14-13/h1-9H. The van der Waals surface area contributed by atoms with Gasteiger partial charge >= 0.3 is 0 Å². The molecule has 0 spiro atoms. The lowest BCUT2D eigenvalue weighted by atomic mass is 10.0. The van der Waals surface area contributed by atoms with Gasteiger partial charge in [0, 0.05) is 5.39 Å². The largest absolute Gasteiger partial charge is 0.363 e. The van der Waals surface area contributed by atoms with E-state index in [2.05, 4.69) is 23.4 Å². The highest BCUT2D eigenvalue weighted by atomic mass is 16.5. The lowest BCUT2D eigenvalue weighted by Gasteiger charge is -2.01. The fourth-order valence-electron chi connectivity index (χ4n) is 1.76. The highest BCUT2D eigenvalue weighted by Crippen LogP contribution is 2.27. The fourth-order valence-corrected chi connectivity index (χ4v) is 1.76. The summed E-state index contributed by atoms with van der Waals surface area (Å²) in [6.45, 7) is 0. The van der Waals surface area contributed by atoms with Crippen LogP contribution in [0, 0.1) is 0 Å². The first-order chi connectivity index (χ1) is 7.45. The third-order valence-electron chi connectivity index (χ3n) is 2.49. The van der Waals surface area contributed by atoms with Crippen LogP contribution < -0.4 is 0 Å². The third-order valence-corrected chi connectivity index (χ3v) is 2.49. The van der Waals surface area contributed by atoms with E-state index in [1.807, 2.05) is 30.3 Å². The summed E-state index contributed by atoms with van der Waals surface area (Å²) >= 11 is 0. The molecule has 3 rings (SSSR count). The van der Waals surface area contributed by atoms with Crippen molar-refractivity contribution < 1.29 is 4.52 Å². The molecule has 3 aromatic rings. The molecule has 0 radical (unpaired) electrons. The van der Waals surface area contributed by atoms with Gasteiger partial charge in [-0.2, -0.15) is 0 Å². The quantitative estimate of drug-likeness (QED) is 0.594. The van der Waals surface area contributed by atoms with Gasteiger partial charge < -0.3 is 4.52 Å². The van der Waals surface area contributed by atoms with Crippen LogP contribution in [0.25, 0.3) is 22.0 Å². The van der Waals surface area contributed by atoms with Crippen LogP contribution in [-0.2, 0) is 0 Å². The van der Waals surface area contributed by atoms with Crippen molar-refractivity contribution in [2.45, 2.75) is 0 Å². The van der Waals surface area contributed by atoms with E-state index in [1.54, 1.807) is 6.26 Å². The van der Waals surface area contributed by atoms with E-state index in [9.17, 15) is 0 Å². The first kappa shape index (κ1) is 8.24. The monoisotopic (exact) mass is 195 g/mol. The van der Waals surface area contributed by atoms with Gasteiger partial charge in [0.25, 0.3) is 0 Å². The fraction of sp³-hybridized carbons (Fsp3) is 0. The summed E-state index contributed by atoms with van der Waals surface area (Å²) in [5, 5.41) is 4.99. The molecule has 2 aromatic carbocycles. The summed E-state index contributed by atoms with van der Waals surface area (Å²) in [5.74, 6) is 0. The molecule has 0 N–H and O–H groups in total. The Kier molecular flexibility index (Phi) is 1.78. The minimum atomic E-state index is 0.899. The molecule has 15 heavy (non-hydrogen) atoms. The molecular formula is C13H9NO. The molecule has 0 aliphatic rings. The van der Waals surface area contributed by atoms with Crippen LogP contribution in [0.1, 0.15) is 0 Å². The summed E-state index contributed by atoms with van der Waals surface area (Å²) in [4.78, 5) is 0. The Bertz CT molecular complexity index is 584. The van der Waals surface area contributed by atoms with Gasteiger partial charge in [-0.3, -0.25) is 0 Å². The van der Waals surface area contributed by atoms with E-state index in [-0.39, 0.29) is 0 Å². The number of hydrogen-bond acceptors (Lipinski definition) is 2. The minimum Gasteiger partial charge on any atom is -0.363 e. The van der Waals surface area contributed by atoms with Crippen molar-refractivity contribution >= 4 is 10.9 Å². The van der Waals surface area contributed by atoms with E-state index in [1.165, 1.54) is 5.56 Å². The molecule has 0 saturated carbocycles. The molecule has 2 heteroatoms. The van der Waals surface area contributed by atoms with Gasteiger partial charge in [-0.1, -0.05) is 47.6 Å². The summed E-state index contributed by atoms with van der Waals surface area (Å²) < 4.78 is 4.98. The maximum absolute atomic E-state index is 4.98. The van der Waals surface area contributed by atoms with Gasteiger partial charge in [-0.05, 0) is 17.2 Å². The predicted octanol–water partition coefficient (Wildman–Crippen LogP) is 3.49. The maximum atomic E-state index is 4.98. The van der Waals surface area contributed by atoms with Crippen molar-refractivity contribution in [3.05, 3.63) is 54.8 Å². The first-order valence-corrected chi connectivity index (χ1v) is 4.84. The average molecular weight is 195 g/mol. The molecule has 1 aromatic heterocycles. The molecule has 0 fully saturated rings. The lowest BCUT2D eigenvalue weighted by molar-refractivity contribution is 0.428. The zero-order chi connectivity index (χ0) is 10.1. The normalized spacial score (nSPS) is 10.7. The van der Waals surface area contributed by atoms with Crippen LogP contribution in [-0.4, -0.2) is 5.16 Å². The zero-order valence-corrected chi connectivity index (χ0v) is 8.05. The second kappa shape index (κ2) is 3.24. The van der Waals surface area contributed by atoms with Crippen LogP contribution in [0.4, 0.5) is 0 Å². The van der Waals surface area contributed by atoms with Gasteiger partial charge in [0.1, 0.15) is 11.8 Å². The summed E-state index contributed by atoms with van der Waals surface area (Å²) in [7, 11) is 0. The molecule has 0 saturated heterocycles. The van der Waals surface area contributed by atoms with Crippen molar-refractivity contribution in [2.24, 2.45) is 0 Å². The lowest BCUT2D eigenvalue weighted by Crippen LogP contribution is -1.77. The van der Waals surface area contributed by atoms with Crippen LogP contribution in [0.2, 0.25) is 0 Å². The van der Waals surface area contributed by atoms with Gasteiger partial charge in [0.2, 0.25) is 0 Å². The van der Waals surface area contributed by atoms with Crippen molar-refractivity contribution in [2.75, 3.05) is 0 Å². The highest BCUT2D eigenvalue weighted by molar-refractivity contribution is 5.93. The van der Waals surface area contributed by atoms with Crippen molar-refractivity contribution in [1.29, 1.82) is 0 Å². The molecule has 72 valence electrons. The third kappa shape index (κ3) is 1.31. The Morgan fingerprint density at radius 2 is 1.73 bits per heavy atom. The van der Waals surface area contributed by atoms with E-state index < -0.39 is 0 Å². The zero-order valence-electron chi connectivity index (χ0n) is 8.05. The highest BCUT2D eigenvalue weighted by Gasteiger charge is 2.05. The topological polar surface area (TPSA) is 26.0 Å². The summed E-state index contributed by atoms with van der Waals surface area (Å²) in [6.07, 6.45) is 1.69. The van der Waals surface area contributed by atoms with Gasteiger partial charge in [0.15, 0.2) is 0 Å². The van der Waals surface area contributed by atoms with E-state index in [4.69, 9.17) is 4.52 Å². The molecule has 0 aliphatic heterocycles. The molecule has 0 amide bonds. The molecule has 0 atom stereocenters. The number of aromatic nitrogens is 1. The van der Waals surface area contributed by atoms with E-state index in [0.717, 1.165) is 16.5 Å². The first-order valence-electron chi connectivity index (χ1n) is 4.84. The predicted molar refractivity (Wildman–Crippen MR) is 59.4 cm³/mol. The van der Waals surface area contributed by atoms with E-state index in [0.29, 0.717) is 0 Å². The van der Waals surface area contributed by atoms with Crippen LogP contribution >= 0.6 is 0 Å². The van der Waals surface area contributed by atoms with E-state index >= 15 is 0 Å². The van der Waals surface area contributed by atoms with Gasteiger partial charge in [0.05, 0.1) is 0 Å². The molecule has 0 aliphatic carbocycles. The van der Waals surface area contributed by atoms with Gasteiger partial charge in [-0.15, -0.1) is 0 Å². The SMILES string of the molecule is c1ccc(-c2cccc3nocc23)cc1. The molecule has 0 unspecified atom stereocenters. The molecule has 2 nitrogen and oxygen atoms in total. The number of nitrogens with zero attached hydrogens (tertiary/aromatic N) is 1. The Balaban J connectivity index is 2.31. The second-order valence-electron chi connectivity index (χ2n) is 3.42.